The number of amides is 1. The maximum absolute atomic E-state index is 12.2. The number of nitrogens with one attached hydrogen (secondary N) is 1. The molecule has 2 aliphatic rings. The molecule has 2 aromatic rings. The number of benzene rings is 1. The average Bonchev–Trinajstić information content (AvgIpc) is 2.81. The Kier molecular flexibility index (Phi) is 8.27. The van der Waals surface area contributed by atoms with Gasteiger partial charge in [-0.3, -0.25) is 0 Å². The van der Waals surface area contributed by atoms with E-state index in [4.69, 9.17) is 15.2 Å². The Balaban J connectivity index is 1.61. The Morgan fingerprint density at radius 1 is 1.18 bits per heavy atom. The molecule has 2 aliphatic carbocycles. The van der Waals surface area contributed by atoms with E-state index in [1.165, 1.54) is 12.6 Å². The number of rotatable bonds is 7. The molecule has 1 saturated carbocycles. The Morgan fingerprint density at radius 2 is 1.85 bits per heavy atom. The summed E-state index contributed by atoms with van der Waals surface area (Å²) in [5.41, 5.74) is 10.1. The summed E-state index contributed by atoms with van der Waals surface area (Å²) in [6.45, 7) is 10.1. The van der Waals surface area contributed by atoms with Gasteiger partial charge in [-0.05, 0) is 76.0 Å². The molecule has 40 heavy (non-hydrogen) atoms. The van der Waals surface area contributed by atoms with E-state index in [0.717, 1.165) is 59.5 Å². The largest absolute Gasteiger partial charge is 0.488 e. The first kappa shape index (κ1) is 29.9. The van der Waals surface area contributed by atoms with E-state index in [1.807, 2.05) is 44.9 Å². The van der Waals surface area contributed by atoms with Crippen molar-refractivity contribution in [3.63, 3.8) is 0 Å². The number of hydrogen-bond acceptors (Lipinski definition) is 9. The zero-order valence-electron chi connectivity index (χ0n) is 24.7. The van der Waals surface area contributed by atoms with E-state index in [1.54, 1.807) is 0 Å². The molecule has 3 N–H and O–H groups in total. The average molecular weight is 574 g/mol. The summed E-state index contributed by atoms with van der Waals surface area (Å²) in [5.74, 6) is 1.23. The van der Waals surface area contributed by atoms with Gasteiger partial charge in [0.2, 0.25) is 0 Å². The number of nitrogen functional groups attached to an aromatic ring is 1. The lowest BCUT2D eigenvalue weighted by atomic mass is 9.71. The topological polar surface area (TPSA) is 137 Å². The highest BCUT2D eigenvalue weighted by molar-refractivity contribution is 7.90. The smallest absolute Gasteiger partial charge is 0.407 e. The summed E-state index contributed by atoms with van der Waals surface area (Å²) in [6.07, 6.45) is 6.11. The predicted octanol–water partition coefficient (Wildman–Crippen LogP) is 4.26. The van der Waals surface area contributed by atoms with E-state index < -0.39 is 21.5 Å². The van der Waals surface area contributed by atoms with E-state index in [-0.39, 0.29) is 23.3 Å². The molecule has 0 radical (unpaired) electrons. The zero-order valence-corrected chi connectivity index (χ0v) is 25.5. The van der Waals surface area contributed by atoms with Gasteiger partial charge in [-0.15, -0.1) is 0 Å². The van der Waals surface area contributed by atoms with Crippen LogP contribution in [-0.2, 0) is 26.4 Å². The summed E-state index contributed by atoms with van der Waals surface area (Å²) in [5, 5.41) is 2.98. The van der Waals surface area contributed by atoms with Gasteiger partial charge in [-0.2, -0.15) is 0 Å². The van der Waals surface area contributed by atoms with Crippen molar-refractivity contribution in [1.82, 2.24) is 15.3 Å². The van der Waals surface area contributed by atoms with Gasteiger partial charge in [0.25, 0.3) is 0 Å². The van der Waals surface area contributed by atoms with Crippen molar-refractivity contribution < 1.29 is 22.7 Å². The molecule has 0 unspecified atom stereocenters. The second-order valence-corrected chi connectivity index (χ2v) is 15.0. The van der Waals surface area contributed by atoms with Crippen molar-refractivity contribution in [2.45, 2.75) is 89.9 Å². The first-order valence-electron chi connectivity index (χ1n) is 13.9. The van der Waals surface area contributed by atoms with Crippen LogP contribution in [0.4, 0.5) is 16.3 Å². The van der Waals surface area contributed by atoms with Crippen LogP contribution in [0.5, 0.6) is 5.75 Å². The molecular formula is C29H43N5O5S. The molecule has 0 bridgehead atoms. The quantitative estimate of drug-likeness (QED) is 0.498. The fourth-order valence-corrected chi connectivity index (χ4v) is 6.33. The van der Waals surface area contributed by atoms with E-state index in [9.17, 15) is 13.2 Å². The standard InChI is InChI=1S/C29H43N5O5S/c1-28(2,3)39-27(35)33-18-8-10-19(11-9-18)38-22-13-12-20-21(25(22)34(6)14-15-40(7,36)37)16-29(4,5)23-24(20)31-17-32-26(23)30/h12-13,17-19H,8-11,14-16H2,1-7H3,(H,33,35)(H2,30,31,32)/t18-,19+. The number of carbonyl (C=O) groups is 1. The normalized spacial score (nSPS) is 20.2. The van der Waals surface area contributed by atoms with Crippen LogP contribution in [0.2, 0.25) is 0 Å². The lowest BCUT2D eigenvalue weighted by molar-refractivity contribution is 0.0471. The second-order valence-electron chi connectivity index (χ2n) is 12.8. The molecule has 0 spiro atoms. The van der Waals surface area contributed by atoms with E-state index in [0.29, 0.717) is 18.8 Å². The number of ether oxygens (including phenoxy) is 2. The Labute approximate surface area is 238 Å². The van der Waals surface area contributed by atoms with Crippen molar-refractivity contribution in [3.05, 3.63) is 29.6 Å². The predicted molar refractivity (Wildman–Crippen MR) is 158 cm³/mol. The minimum Gasteiger partial charge on any atom is -0.488 e. The molecule has 1 aromatic heterocycles. The van der Waals surface area contributed by atoms with Crippen LogP contribution in [0.1, 0.15) is 71.4 Å². The number of anilines is 2. The summed E-state index contributed by atoms with van der Waals surface area (Å²) in [7, 11) is -1.25. The molecule has 4 rings (SSSR count). The third-order valence-corrected chi connectivity index (χ3v) is 8.47. The minimum absolute atomic E-state index is 0.0290. The molecule has 10 nitrogen and oxygen atoms in total. The van der Waals surface area contributed by atoms with Crippen LogP contribution in [-0.4, -0.2) is 67.8 Å². The first-order chi connectivity index (χ1) is 18.5. The lowest BCUT2D eigenvalue weighted by Crippen LogP contribution is -2.42. The molecule has 1 fully saturated rings. The lowest BCUT2D eigenvalue weighted by Gasteiger charge is -2.38. The number of nitrogens with two attached hydrogens (primary N) is 1. The van der Waals surface area contributed by atoms with E-state index in [2.05, 4.69) is 29.1 Å². The van der Waals surface area contributed by atoms with Crippen LogP contribution >= 0.6 is 0 Å². The Hall–Kier alpha value is -3.08. The second kappa shape index (κ2) is 11.1. The van der Waals surface area contributed by atoms with Gasteiger partial charge < -0.3 is 25.4 Å². The maximum Gasteiger partial charge on any atom is 0.407 e. The molecule has 1 heterocycles. The SMILES string of the molecule is CN(CCS(C)(=O)=O)c1c(O[C@H]2CC[C@@H](NC(=O)OC(C)(C)C)CC2)ccc2c1CC(C)(C)c1c(N)ncnc1-2. The van der Waals surface area contributed by atoms with Gasteiger partial charge >= 0.3 is 6.09 Å². The number of nitrogens with zero attached hydrogens (tertiary/aromatic N) is 3. The first-order valence-corrected chi connectivity index (χ1v) is 15.9. The van der Waals surface area contributed by atoms with Crippen LogP contribution in [0.3, 0.4) is 0 Å². The maximum atomic E-state index is 12.2. The van der Waals surface area contributed by atoms with Gasteiger partial charge in [0, 0.05) is 37.0 Å². The minimum atomic E-state index is -3.16. The molecule has 220 valence electrons. The number of fused-ring (bicyclic) bond motifs is 3. The molecular weight excluding hydrogens is 530 g/mol. The monoisotopic (exact) mass is 573 g/mol. The summed E-state index contributed by atoms with van der Waals surface area (Å²) >= 11 is 0. The molecule has 11 heteroatoms. The molecule has 0 atom stereocenters. The van der Waals surface area contributed by atoms with Gasteiger partial charge in [0.1, 0.15) is 33.3 Å². The zero-order chi connectivity index (χ0) is 29.5. The van der Waals surface area contributed by atoms with Gasteiger partial charge in [0.15, 0.2) is 0 Å². The Bertz CT molecular complexity index is 1360. The highest BCUT2D eigenvalue weighted by Gasteiger charge is 2.37. The molecule has 1 amide bonds. The van der Waals surface area contributed by atoms with Crippen LogP contribution in [0.25, 0.3) is 11.3 Å². The molecule has 1 aromatic carbocycles. The number of aromatic nitrogens is 2. The summed E-state index contributed by atoms with van der Waals surface area (Å²) < 4.78 is 36.1. The highest BCUT2D eigenvalue weighted by Crippen LogP contribution is 2.49. The number of sulfone groups is 1. The van der Waals surface area contributed by atoms with E-state index >= 15 is 0 Å². The molecule has 0 saturated heterocycles. The van der Waals surface area contributed by atoms with Gasteiger partial charge in [-0.25, -0.2) is 23.2 Å². The summed E-state index contributed by atoms with van der Waals surface area (Å²) in [4.78, 5) is 23.1. The van der Waals surface area contributed by atoms with Crippen molar-refractivity contribution in [1.29, 1.82) is 0 Å². The number of alkyl carbamates (subject to hydrolysis) is 1. The van der Waals surface area contributed by atoms with Crippen LogP contribution in [0.15, 0.2) is 18.5 Å². The highest BCUT2D eigenvalue weighted by atomic mass is 32.2. The van der Waals surface area contributed by atoms with Crippen LogP contribution in [0, 0.1) is 0 Å². The fourth-order valence-electron chi connectivity index (χ4n) is 5.72. The van der Waals surface area contributed by atoms with Gasteiger partial charge in [-0.1, -0.05) is 13.8 Å². The fraction of sp³-hybridized carbons (Fsp3) is 0.621. The van der Waals surface area contributed by atoms with Crippen molar-refractivity contribution in [2.75, 3.05) is 36.2 Å². The summed E-state index contributed by atoms with van der Waals surface area (Å²) in [6, 6.07) is 4.02. The third kappa shape index (κ3) is 6.97. The third-order valence-electron chi connectivity index (χ3n) is 7.54. The number of carbonyl (C=O) groups excluding carboxylic acids is 1. The Morgan fingerprint density at radius 3 is 2.48 bits per heavy atom. The van der Waals surface area contributed by atoms with Crippen molar-refractivity contribution >= 4 is 27.4 Å². The van der Waals surface area contributed by atoms with Crippen molar-refractivity contribution in [2.24, 2.45) is 0 Å². The van der Waals surface area contributed by atoms with Crippen LogP contribution < -0.4 is 20.7 Å². The van der Waals surface area contributed by atoms with Crippen molar-refractivity contribution in [3.8, 4) is 17.0 Å². The molecule has 0 aliphatic heterocycles. The number of hydrogen-bond donors (Lipinski definition) is 2. The van der Waals surface area contributed by atoms with Gasteiger partial charge in [0.05, 0.1) is 23.2 Å².